The van der Waals surface area contributed by atoms with Gasteiger partial charge in [-0.05, 0) is 18.6 Å². The van der Waals surface area contributed by atoms with Gasteiger partial charge >= 0.3 is 0 Å². The van der Waals surface area contributed by atoms with Gasteiger partial charge in [-0.2, -0.15) is 0 Å². The van der Waals surface area contributed by atoms with Crippen molar-refractivity contribution in [2.45, 2.75) is 31.7 Å². The Labute approximate surface area is 126 Å². The van der Waals surface area contributed by atoms with Crippen LogP contribution in [0.3, 0.4) is 0 Å². The molecule has 0 bridgehead atoms. The third kappa shape index (κ3) is 2.86. The Morgan fingerprint density at radius 2 is 2.22 bits per heavy atom. The normalized spacial score (nSPS) is 27.7. The van der Waals surface area contributed by atoms with Crippen molar-refractivity contribution in [3.05, 3.63) is 33.8 Å². The molecule has 5 heteroatoms. The van der Waals surface area contributed by atoms with Crippen LogP contribution < -0.4 is 0 Å². The molecule has 0 spiro atoms. The Morgan fingerprint density at radius 3 is 2.83 bits per heavy atom. The largest absolute Gasteiger partial charge is 0.342 e. The average molecular weight is 354 g/mol. The van der Waals surface area contributed by atoms with Crippen LogP contribution in [0.15, 0.2) is 18.2 Å². The lowest BCUT2D eigenvalue weighted by atomic mass is 10.1. The van der Waals surface area contributed by atoms with Crippen LogP contribution in [-0.2, 0) is 15.3 Å². The molecular formula is C13H15BrCl2O2. The predicted molar refractivity (Wildman–Crippen MR) is 77.7 cm³/mol. The van der Waals surface area contributed by atoms with Crippen LogP contribution in [0.5, 0.6) is 0 Å². The summed E-state index contributed by atoms with van der Waals surface area (Å²) in [5.74, 6) is -0.790. The Kier molecular flexibility index (Phi) is 4.95. The minimum absolute atomic E-state index is 0.124. The van der Waals surface area contributed by atoms with E-state index in [4.69, 9.17) is 32.7 Å². The van der Waals surface area contributed by atoms with Gasteiger partial charge in [-0.15, -0.1) is 0 Å². The SMILES string of the molecule is CCC[C@@H]1CO[C@@](CBr)(c2ccc(Cl)cc2Cl)O1. The first-order chi connectivity index (χ1) is 8.61. The summed E-state index contributed by atoms with van der Waals surface area (Å²) in [6.07, 6.45) is 2.18. The van der Waals surface area contributed by atoms with Crippen LogP contribution in [-0.4, -0.2) is 18.0 Å². The highest BCUT2D eigenvalue weighted by atomic mass is 79.9. The zero-order chi connectivity index (χ0) is 13.2. The van der Waals surface area contributed by atoms with Gasteiger partial charge in [0.05, 0.1) is 23.1 Å². The lowest BCUT2D eigenvalue weighted by Gasteiger charge is -2.27. The van der Waals surface area contributed by atoms with E-state index in [1.165, 1.54) is 0 Å². The molecule has 1 aromatic rings. The molecule has 2 rings (SSSR count). The van der Waals surface area contributed by atoms with Crippen molar-refractivity contribution in [2.75, 3.05) is 11.9 Å². The van der Waals surface area contributed by atoms with Gasteiger partial charge < -0.3 is 9.47 Å². The molecule has 0 N–H and O–H groups in total. The van der Waals surface area contributed by atoms with Crippen molar-refractivity contribution < 1.29 is 9.47 Å². The van der Waals surface area contributed by atoms with Gasteiger partial charge in [0.2, 0.25) is 5.79 Å². The molecule has 1 heterocycles. The van der Waals surface area contributed by atoms with E-state index in [2.05, 4.69) is 22.9 Å². The highest BCUT2D eigenvalue weighted by Gasteiger charge is 2.43. The summed E-state index contributed by atoms with van der Waals surface area (Å²) in [6, 6.07) is 5.37. The zero-order valence-electron chi connectivity index (χ0n) is 10.1. The molecule has 1 saturated heterocycles. The molecule has 1 aliphatic rings. The molecule has 1 fully saturated rings. The van der Waals surface area contributed by atoms with E-state index >= 15 is 0 Å². The summed E-state index contributed by atoms with van der Waals surface area (Å²) in [4.78, 5) is 0. The summed E-state index contributed by atoms with van der Waals surface area (Å²) in [7, 11) is 0. The van der Waals surface area contributed by atoms with Gasteiger partial charge in [0.25, 0.3) is 0 Å². The molecule has 18 heavy (non-hydrogen) atoms. The van der Waals surface area contributed by atoms with Crippen LogP contribution >= 0.6 is 39.1 Å². The summed E-state index contributed by atoms with van der Waals surface area (Å²) in [5.41, 5.74) is 0.823. The molecule has 0 amide bonds. The second kappa shape index (κ2) is 6.10. The monoisotopic (exact) mass is 352 g/mol. The average Bonchev–Trinajstić information content (AvgIpc) is 2.74. The third-order valence-corrected chi connectivity index (χ3v) is 4.27. The van der Waals surface area contributed by atoms with Crippen LogP contribution in [0.1, 0.15) is 25.3 Å². The zero-order valence-corrected chi connectivity index (χ0v) is 13.2. The van der Waals surface area contributed by atoms with Gasteiger partial charge in [-0.3, -0.25) is 0 Å². The second-order valence-corrected chi connectivity index (χ2v) is 5.75. The fourth-order valence-electron chi connectivity index (χ4n) is 2.11. The first-order valence-electron chi connectivity index (χ1n) is 5.94. The van der Waals surface area contributed by atoms with E-state index in [0.29, 0.717) is 22.0 Å². The Bertz CT molecular complexity index is 427. The third-order valence-electron chi connectivity index (χ3n) is 2.99. The minimum atomic E-state index is -0.790. The van der Waals surface area contributed by atoms with E-state index in [1.807, 2.05) is 6.07 Å². The quantitative estimate of drug-likeness (QED) is 0.727. The lowest BCUT2D eigenvalue weighted by molar-refractivity contribution is -0.157. The standard InChI is InChI=1S/C13H15BrCl2O2/c1-2-3-10-7-17-13(8-14,18-10)11-5-4-9(15)6-12(11)16/h4-6,10H,2-3,7-8H2,1H3/t10-,13-/m1/s1. The van der Waals surface area contributed by atoms with Gasteiger partial charge in [0.15, 0.2) is 0 Å². The first kappa shape index (κ1) is 14.6. The Balaban J connectivity index is 2.28. The molecule has 2 nitrogen and oxygen atoms in total. The van der Waals surface area contributed by atoms with E-state index in [-0.39, 0.29) is 6.10 Å². The van der Waals surface area contributed by atoms with Gasteiger partial charge in [0, 0.05) is 10.6 Å². The summed E-state index contributed by atoms with van der Waals surface area (Å²) < 4.78 is 11.9. The summed E-state index contributed by atoms with van der Waals surface area (Å²) in [5, 5.41) is 1.72. The topological polar surface area (TPSA) is 18.5 Å². The van der Waals surface area contributed by atoms with E-state index in [0.717, 1.165) is 18.4 Å². The smallest absolute Gasteiger partial charge is 0.206 e. The van der Waals surface area contributed by atoms with E-state index in [9.17, 15) is 0 Å². The first-order valence-corrected chi connectivity index (χ1v) is 7.82. The van der Waals surface area contributed by atoms with Crippen LogP contribution in [0, 0.1) is 0 Å². The maximum atomic E-state index is 6.24. The Hall–Kier alpha value is 0.200. The molecule has 0 aromatic heterocycles. The highest BCUT2D eigenvalue weighted by Crippen LogP contribution is 2.41. The Morgan fingerprint density at radius 1 is 1.44 bits per heavy atom. The van der Waals surface area contributed by atoms with Crippen molar-refractivity contribution >= 4 is 39.1 Å². The number of hydrogen-bond donors (Lipinski definition) is 0. The lowest BCUT2D eigenvalue weighted by Crippen LogP contribution is -2.30. The van der Waals surface area contributed by atoms with Gasteiger partial charge in [0.1, 0.15) is 0 Å². The van der Waals surface area contributed by atoms with Crippen molar-refractivity contribution in [1.82, 2.24) is 0 Å². The van der Waals surface area contributed by atoms with Crippen LogP contribution in [0.25, 0.3) is 0 Å². The number of hydrogen-bond acceptors (Lipinski definition) is 2. The molecule has 2 atom stereocenters. The molecule has 100 valence electrons. The van der Waals surface area contributed by atoms with Gasteiger partial charge in [-0.25, -0.2) is 0 Å². The summed E-state index contributed by atoms with van der Waals surface area (Å²) >= 11 is 15.6. The van der Waals surface area contributed by atoms with Crippen molar-refractivity contribution in [2.24, 2.45) is 0 Å². The number of alkyl halides is 1. The number of ether oxygens (including phenoxy) is 2. The molecule has 0 unspecified atom stereocenters. The minimum Gasteiger partial charge on any atom is -0.342 e. The number of benzene rings is 1. The molecule has 1 aliphatic heterocycles. The van der Waals surface area contributed by atoms with E-state index < -0.39 is 5.79 Å². The number of rotatable bonds is 4. The maximum Gasteiger partial charge on any atom is 0.206 e. The maximum absolute atomic E-state index is 6.24. The molecule has 0 saturated carbocycles. The predicted octanol–water partition coefficient (Wildman–Crippen LogP) is 4.76. The van der Waals surface area contributed by atoms with Crippen molar-refractivity contribution in [3.63, 3.8) is 0 Å². The van der Waals surface area contributed by atoms with Crippen molar-refractivity contribution in [3.8, 4) is 0 Å². The van der Waals surface area contributed by atoms with Gasteiger partial charge in [-0.1, -0.05) is 58.5 Å². The fourth-order valence-corrected chi connectivity index (χ4v) is 3.26. The van der Waals surface area contributed by atoms with Crippen LogP contribution in [0.4, 0.5) is 0 Å². The number of halogens is 3. The molecule has 0 radical (unpaired) electrons. The van der Waals surface area contributed by atoms with Crippen molar-refractivity contribution in [1.29, 1.82) is 0 Å². The molecule has 1 aromatic carbocycles. The summed E-state index contributed by atoms with van der Waals surface area (Å²) in [6.45, 7) is 2.73. The van der Waals surface area contributed by atoms with E-state index in [1.54, 1.807) is 12.1 Å². The fraction of sp³-hybridized carbons (Fsp3) is 0.538. The highest BCUT2D eigenvalue weighted by molar-refractivity contribution is 9.09. The molecular weight excluding hydrogens is 339 g/mol. The molecule has 0 aliphatic carbocycles. The van der Waals surface area contributed by atoms with Crippen LogP contribution in [0.2, 0.25) is 10.0 Å². The second-order valence-electron chi connectivity index (χ2n) is 4.35.